The Morgan fingerprint density at radius 3 is 2.86 bits per heavy atom. The van der Waals surface area contributed by atoms with E-state index < -0.39 is 0 Å². The smallest absolute Gasteiger partial charge is 0.0743 e. The molecule has 0 radical (unpaired) electrons. The van der Waals surface area contributed by atoms with Crippen LogP contribution in [0.4, 0.5) is 11.4 Å². The number of nitrogens with one attached hydrogen (secondary N) is 1. The first-order chi connectivity index (χ1) is 10.2. The first kappa shape index (κ1) is 16.4. The average molecular weight is 368 g/mol. The molecule has 0 amide bonds. The van der Waals surface area contributed by atoms with Crippen molar-refractivity contribution >= 4 is 50.0 Å². The van der Waals surface area contributed by atoms with Crippen LogP contribution < -0.4 is 11.1 Å². The second-order valence-corrected chi connectivity index (χ2v) is 6.99. The molecule has 0 aliphatic carbocycles. The predicted molar refractivity (Wildman–Crippen MR) is 99.2 cm³/mol. The number of thioether (sulfide) groups is 1. The molecule has 5 heteroatoms. The van der Waals surface area contributed by atoms with E-state index in [1.807, 2.05) is 23.9 Å². The number of nitrogen functional groups attached to an aromatic ring is 1. The van der Waals surface area contributed by atoms with Crippen molar-refractivity contribution in [2.24, 2.45) is 0 Å². The molecule has 1 aromatic heterocycles. The van der Waals surface area contributed by atoms with Crippen molar-refractivity contribution in [1.82, 2.24) is 4.98 Å². The van der Waals surface area contributed by atoms with E-state index in [1.165, 1.54) is 31.4 Å². The number of unbranched alkanes of at least 4 members (excludes halogenated alkanes) is 3. The van der Waals surface area contributed by atoms with Crippen LogP contribution in [0.1, 0.15) is 25.7 Å². The van der Waals surface area contributed by atoms with Gasteiger partial charge < -0.3 is 11.1 Å². The minimum atomic E-state index is 0.711. The zero-order chi connectivity index (χ0) is 15.1. The van der Waals surface area contributed by atoms with Crippen LogP contribution in [-0.4, -0.2) is 23.5 Å². The Hall–Kier alpha value is -0.940. The van der Waals surface area contributed by atoms with Gasteiger partial charge in [0.1, 0.15) is 0 Å². The summed E-state index contributed by atoms with van der Waals surface area (Å²) in [7, 11) is 0. The monoisotopic (exact) mass is 367 g/mol. The molecular weight excluding hydrogens is 346 g/mol. The van der Waals surface area contributed by atoms with Gasteiger partial charge >= 0.3 is 0 Å². The van der Waals surface area contributed by atoms with Crippen LogP contribution in [0, 0.1) is 0 Å². The van der Waals surface area contributed by atoms with Gasteiger partial charge in [0.25, 0.3) is 0 Å². The molecule has 0 fully saturated rings. The molecule has 2 rings (SSSR count). The molecule has 1 aromatic carbocycles. The highest BCUT2D eigenvalue weighted by atomic mass is 79.9. The molecule has 0 aliphatic heterocycles. The minimum absolute atomic E-state index is 0.711. The van der Waals surface area contributed by atoms with Gasteiger partial charge in [-0.2, -0.15) is 11.8 Å². The SMILES string of the molecule is CSCCCCCCNc1c(N)cnc2ccc(Br)cc12. The van der Waals surface area contributed by atoms with Crippen molar-refractivity contribution in [2.75, 3.05) is 29.6 Å². The second kappa shape index (κ2) is 8.49. The maximum atomic E-state index is 6.07. The topological polar surface area (TPSA) is 50.9 Å². The van der Waals surface area contributed by atoms with E-state index in [-0.39, 0.29) is 0 Å². The fourth-order valence-corrected chi connectivity index (χ4v) is 3.17. The molecule has 2 aromatic rings. The summed E-state index contributed by atoms with van der Waals surface area (Å²) in [5, 5.41) is 4.56. The molecule has 114 valence electrons. The summed E-state index contributed by atoms with van der Waals surface area (Å²) in [6.07, 6.45) is 8.95. The normalized spacial score (nSPS) is 11.0. The zero-order valence-corrected chi connectivity index (χ0v) is 14.8. The van der Waals surface area contributed by atoms with Crippen molar-refractivity contribution in [3.05, 3.63) is 28.9 Å². The number of halogens is 1. The Labute approximate surface area is 139 Å². The molecule has 0 saturated heterocycles. The highest BCUT2D eigenvalue weighted by Gasteiger charge is 2.06. The van der Waals surface area contributed by atoms with Gasteiger partial charge in [-0.15, -0.1) is 0 Å². The first-order valence-electron chi connectivity index (χ1n) is 7.29. The molecule has 0 unspecified atom stereocenters. The third-order valence-corrected chi connectivity index (χ3v) is 4.63. The number of nitrogens with two attached hydrogens (primary N) is 1. The van der Waals surface area contributed by atoms with E-state index in [9.17, 15) is 0 Å². The predicted octanol–water partition coefficient (Wildman–Crippen LogP) is 4.91. The highest BCUT2D eigenvalue weighted by molar-refractivity contribution is 9.10. The molecule has 0 saturated carbocycles. The molecule has 0 bridgehead atoms. The number of anilines is 2. The number of pyridine rings is 1. The number of rotatable bonds is 8. The molecule has 0 spiro atoms. The Balaban J connectivity index is 1.95. The minimum Gasteiger partial charge on any atom is -0.396 e. The number of hydrogen-bond donors (Lipinski definition) is 2. The average Bonchev–Trinajstić information content (AvgIpc) is 2.48. The van der Waals surface area contributed by atoms with Crippen molar-refractivity contribution in [1.29, 1.82) is 0 Å². The van der Waals surface area contributed by atoms with Gasteiger partial charge in [0.05, 0.1) is 23.1 Å². The fourth-order valence-electron chi connectivity index (χ4n) is 2.32. The summed E-state index contributed by atoms with van der Waals surface area (Å²) in [5.74, 6) is 1.27. The number of hydrogen-bond acceptors (Lipinski definition) is 4. The van der Waals surface area contributed by atoms with Crippen molar-refractivity contribution < 1.29 is 0 Å². The van der Waals surface area contributed by atoms with Crippen LogP contribution in [-0.2, 0) is 0 Å². The number of nitrogens with zero attached hydrogens (tertiary/aromatic N) is 1. The number of fused-ring (bicyclic) bond motifs is 1. The second-order valence-electron chi connectivity index (χ2n) is 5.08. The third-order valence-electron chi connectivity index (χ3n) is 3.44. The molecule has 1 heterocycles. The van der Waals surface area contributed by atoms with E-state index in [4.69, 9.17) is 5.73 Å². The van der Waals surface area contributed by atoms with E-state index in [0.29, 0.717) is 5.69 Å². The summed E-state index contributed by atoms with van der Waals surface area (Å²) in [6, 6.07) is 6.08. The van der Waals surface area contributed by atoms with Crippen molar-refractivity contribution in [3.63, 3.8) is 0 Å². The Morgan fingerprint density at radius 1 is 1.24 bits per heavy atom. The van der Waals surface area contributed by atoms with Gasteiger partial charge in [-0.1, -0.05) is 28.8 Å². The highest BCUT2D eigenvalue weighted by Crippen LogP contribution is 2.30. The Morgan fingerprint density at radius 2 is 2.05 bits per heavy atom. The lowest BCUT2D eigenvalue weighted by Gasteiger charge is -2.12. The van der Waals surface area contributed by atoms with Gasteiger partial charge in [-0.05, 0) is 43.0 Å². The Bertz CT molecular complexity index is 584. The summed E-state index contributed by atoms with van der Waals surface area (Å²) in [4.78, 5) is 4.37. The van der Waals surface area contributed by atoms with E-state index in [0.717, 1.165) is 27.6 Å². The summed E-state index contributed by atoms with van der Waals surface area (Å²) in [5.41, 5.74) is 8.76. The number of aromatic nitrogens is 1. The van der Waals surface area contributed by atoms with E-state index in [2.05, 4.69) is 38.6 Å². The van der Waals surface area contributed by atoms with Gasteiger partial charge in [0.2, 0.25) is 0 Å². The standard InChI is InChI=1S/C16H22BrN3S/c1-21-9-5-3-2-4-8-19-16-13-10-12(17)6-7-15(13)20-11-14(16)18/h6-7,10-11H,2-5,8-9,18H2,1H3,(H,19,20). The molecule has 3 N–H and O–H groups in total. The van der Waals surface area contributed by atoms with Crippen molar-refractivity contribution in [3.8, 4) is 0 Å². The van der Waals surface area contributed by atoms with Gasteiger partial charge in [0.15, 0.2) is 0 Å². The molecule has 0 aliphatic rings. The van der Waals surface area contributed by atoms with Crippen molar-refractivity contribution in [2.45, 2.75) is 25.7 Å². The zero-order valence-electron chi connectivity index (χ0n) is 12.4. The van der Waals surface area contributed by atoms with E-state index in [1.54, 1.807) is 6.20 Å². The van der Waals surface area contributed by atoms with Gasteiger partial charge in [0, 0.05) is 16.4 Å². The van der Waals surface area contributed by atoms with E-state index >= 15 is 0 Å². The molecular formula is C16H22BrN3S. The van der Waals surface area contributed by atoms with Gasteiger partial charge in [-0.3, -0.25) is 4.98 Å². The van der Waals surface area contributed by atoms with Crippen LogP contribution in [0.2, 0.25) is 0 Å². The largest absolute Gasteiger partial charge is 0.396 e. The summed E-state index contributed by atoms with van der Waals surface area (Å²) < 4.78 is 1.04. The molecule has 0 atom stereocenters. The van der Waals surface area contributed by atoms with Gasteiger partial charge in [-0.25, -0.2) is 0 Å². The first-order valence-corrected chi connectivity index (χ1v) is 9.47. The Kier molecular flexibility index (Phi) is 6.64. The number of benzene rings is 1. The lowest BCUT2D eigenvalue weighted by molar-refractivity contribution is 0.689. The summed E-state index contributed by atoms with van der Waals surface area (Å²) >= 11 is 5.43. The fraction of sp³-hybridized carbons (Fsp3) is 0.438. The maximum absolute atomic E-state index is 6.07. The van der Waals surface area contributed by atoms with Crippen LogP contribution in [0.25, 0.3) is 10.9 Å². The quantitative estimate of drug-likeness (QED) is 0.650. The third kappa shape index (κ3) is 4.78. The summed E-state index contributed by atoms with van der Waals surface area (Å²) in [6.45, 7) is 0.953. The van der Waals surface area contributed by atoms with Crippen LogP contribution in [0.5, 0.6) is 0 Å². The van der Waals surface area contributed by atoms with Crippen LogP contribution in [0.3, 0.4) is 0 Å². The van der Waals surface area contributed by atoms with Crippen LogP contribution >= 0.6 is 27.7 Å². The molecule has 3 nitrogen and oxygen atoms in total. The lowest BCUT2D eigenvalue weighted by atomic mass is 10.1. The maximum Gasteiger partial charge on any atom is 0.0743 e. The molecule has 21 heavy (non-hydrogen) atoms. The van der Waals surface area contributed by atoms with Crippen LogP contribution in [0.15, 0.2) is 28.9 Å². The lowest BCUT2D eigenvalue weighted by Crippen LogP contribution is -2.05.